The van der Waals surface area contributed by atoms with E-state index < -0.39 is 11.4 Å². The first kappa shape index (κ1) is 15.3. The van der Waals surface area contributed by atoms with Crippen LogP contribution in [0.1, 0.15) is 31.7 Å². The molecule has 114 valence electrons. The van der Waals surface area contributed by atoms with Gasteiger partial charge in [0.25, 0.3) is 5.69 Å². The lowest BCUT2D eigenvalue weighted by Gasteiger charge is -2.39. The number of benzene rings is 1. The highest BCUT2D eigenvalue weighted by Gasteiger charge is 2.40. The second-order valence-electron chi connectivity index (χ2n) is 5.60. The lowest BCUT2D eigenvalue weighted by Crippen LogP contribution is -2.44. The zero-order chi connectivity index (χ0) is 15.6. The molecule has 0 aromatic heterocycles. The molecule has 0 saturated carbocycles. The Bertz CT molecular complexity index is 563. The molecule has 0 amide bonds. The average molecular weight is 292 g/mol. The SMILES string of the molecule is CCC1(C(=O)O)CCN(c2cccc([N+](=O)[O-])c2C)CC1. The van der Waals surface area contributed by atoms with Crippen LogP contribution >= 0.6 is 0 Å². The smallest absolute Gasteiger partial charge is 0.309 e. The molecule has 1 aliphatic heterocycles. The van der Waals surface area contributed by atoms with Gasteiger partial charge < -0.3 is 10.0 Å². The van der Waals surface area contributed by atoms with Gasteiger partial charge in [0.15, 0.2) is 0 Å². The molecule has 0 radical (unpaired) electrons. The molecular weight excluding hydrogens is 272 g/mol. The van der Waals surface area contributed by atoms with E-state index in [0.717, 1.165) is 5.69 Å². The van der Waals surface area contributed by atoms with E-state index >= 15 is 0 Å². The molecule has 2 rings (SSSR count). The number of aliphatic carboxylic acids is 1. The molecule has 6 nitrogen and oxygen atoms in total. The number of rotatable bonds is 4. The molecular formula is C15H20N2O4. The Kier molecular flexibility index (Phi) is 4.16. The summed E-state index contributed by atoms with van der Waals surface area (Å²) in [5.74, 6) is -0.736. The van der Waals surface area contributed by atoms with Crippen molar-refractivity contribution in [3.05, 3.63) is 33.9 Å². The summed E-state index contributed by atoms with van der Waals surface area (Å²) in [7, 11) is 0. The summed E-state index contributed by atoms with van der Waals surface area (Å²) in [6, 6.07) is 5.04. The maximum absolute atomic E-state index is 11.5. The van der Waals surface area contributed by atoms with Gasteiger partial charge in [0.1, 0.15) is 0 Å². The molecule has 1 saturated heterocycles. The third-order valence-electron chi connectivity index (χ3n) is 4.66. The van der Waals surface area contributed by atoms with Crippen molar-refractivity contribution < 1.29 is 14.8 Å². The summed E-state index contributed by atoms with van der Waals surface area (Å²) < 4.78 is 0. The third-order valence-corrected chi connectivity index (χ3v) is 4.66. The minimum atomic E-state index is -0.736. The van der Waals surface area contributed by atoms with Gasteiger partial charge in [-0.15, -0.1) is 0 Å². The molecule has 1 heterocycles. The van der Waals surface area contributed by atoms with Gasteiger partial charge in [0.2, 0.25) is 0 Å². The summed E-state index contributed by atoms with van der Waals surface area (Å²) >= 11 is 0. The van der Waals surface area contributed by atoms with E-state index in [0.29, 0.717) is 37.9 Å². The van der Waals surface area contributed by atoms with Gasteiger partial charge in [-0.05, 0) is 32.3 Å². The second kappa shape index (κ2) is 5.71. The van der Waals surface area contributed by atoms with Crippen molar-refractivity contribution in [2.75, 3.05) is 18.0 Å². The van der Waals surface area contributed by atoms with E-state index in [2.05, 4.69) is 4.90 Å². The van der Waals surface area contributed by atoms with Gasteiger partial charge in [-0.3, -0.25) is 14.9 Å². The highest BCUT2D eigenvalue weighted by Crippen LogP contribution is 2.38. The van der Waals surface area contributed by atoms with Crippen molar-refractivity contribution in [3.8, 4) is 0 Å². The number of nitrogens with zero attached hydrogens (tertiary/aromatic N) is 2. The number of carbonyl (C=O) groups is 1. The van der Waals surface area contributed by atoms with Crippen LogP contribution < -0.4 is 4.90 Å². The monoisotopic (exact) mass is 292 g/mol. The molecule has 6 heteroatoms. The number of nitro benzene ring substituents is 1. The average Bonchev–Trinajstić information content (AvgIpc) is 2.47. The molecule has 0 aliphatic carbocycles. The van der Waals surface area contributed by atoms with E-state index in [-0.39, 0.29) is 10.6 Å². The molecule has 1 aliphatic rings. The quantitative estimate of drug-likeness (QED) is 0.681. The van der Waals surface area contributed by atoms with Gasteiger partial charge in [0, 0.05) is 24.8 Å². The molecule has 21 heavy (non-hydrogen) atoms. The number of piperidine rings is 1. The summed E-state index contributed by atoms with van der Waals surface area (Å²) in [6.07, 6.45) is 1.76. The van der Waals surface area contributed by atoms with Crippen LogP contribution in [-0.2, 0) is 4.79 Å². The van der Waals surface area contributed by atoms with Crippen molar-refractivity contribution in [3.63, 3.8) is 0 Å². The summed E-state index contributed by atoms with van der Waals surface area (Å²) in [4.78, 5) is 24.1. The van der Waals surface area contributed by atoms with Gasteiger partial charge in [0.05, 0.1) is 15.9 Å². The van der Waals surface area contributed by atoms with E-state index in [4.69, 9.17) is 0 Å². The molecule has 0 atom stereocenters. The first-order valence-electron chi connectivity index (χ1n) is 7.13. The zero-order valence-corrected chi connectivity index (χ0v) is 12.3. The fourth-order valence-corrected chi connectivity index (χ4v) is 3.05. The predicted octanol–water partition coefficient (Wildman–Crippen LogP) is 2.98. The molecule has 1 aromatic rings. The fourth-order valence-electron chi connectivity index (χ4n) is 3.05. The van der Waals surface area contributed by atoms with Crippen LogP contribution in [0.3, 0.4) is 0 Å². The summed E-state index contributed by atoms with van der Waals surface area (Å²) in [5.41, 5.74) is 0.935. The number of anilines is 1. The summed E-state index contributed by atoms with van der Waals surface area (Å²) in [6.45, 7) is 4.87. The predicted molar refractivity (Wildman–Crippen MR) is 79.6 cm³/mol. The lowest BCUT2D eigenvalue weighted by atomic mass is 9.76. The van der Waals surface area contributed by atoms with E-state index in [1.54, 1.807) is 13.0 Å². The Morgan fingerprint density at radius 2 is 2.05 bits per heavy atom. The minimum absolute atomic E-state index is 0.109. The van der Waals surface area contributed by atoms with Crippen LogP contribution in [-0.4, -0.2) is 29.1 Å². The lowest BCUT2D eigenvalue weighted by molar-refractivity contribution is -0.385. The van der Waals surface area contributed by atoms with Crippen molar-refractivity contribution in [2.24, 2.45) is 5.41 Å². The Balaban J connectivity index is 2.22. The van der Waals surface area contributed by atoms with Gasteiger partial charge in [-0.1, -0.05) is 13.0 Å². The topological polar surface area (TPSA) is 83.7 Å². The van der Waals surface area contributed by atoms with Gasteiger partial charge in [-0.25, -0.2) is 0 Å². The zero-order valence-electron chi connectivity index (χ0n) is 12.3. The van der Waals surface area contributed by atoms with Crippen molar-refractivity contribution in [1.29, 1.82) is 0 Å². The highest BCUT2D eigenvalue weighted by atomic mass is 16.6. The van der Waals surface area contributed by atoms with Crippen LogP contribution in [0.5, 0.6) is 0 Å². The van der Waals surface area contributed by atoms with Crippen LogP contribution in [0.2, 0.25) is 0 Å². The highest BCUT2D eigenvalue weighted by molar-refractivity contribution is 5.75. The molecule has 1 N–H and O–H groups in total. The number of carboxylic acid groups (broad SMARTS) is 1. The van der Waals surface area contributed by atoms with Crippen molar-refractivity contribution in [2.45, 2.75) is 33.1 Å². The van der Waals surface area contributed by atoms with Crippen LogP contribution in [0.4, 0.5) is 11.4 Å². The number of hydrogen-bond acceptors (Lipinski definition) is 4. The summed E-state index contributed by atoms with van der Waals surface area (Å²) in [5, 5.41) is 20.4. The largest absolute Gasteiger partial charge is 0.481 e. The Morgan fingerprint density at radius 3 is 2.52 bits per heavy atom. The number of carboxylic acids is 1. The molecule has 1 fully saturated rings. The van der Waals surface area contributed by atoms with Crippen LogP contribution in [0.25, 0.3) is 0 Å². The molecule has 1 aromatic carbocycles. The Labute approximate surface area is 123 Å². The molecule has 0 unspecified atom stereocenters. The van der Waals surface area contributed by atoms with E-state index in [9.17, 15) is 20.0 Å². The maximum Gasteiger partial charge on any atom is 0.309 e. The second-order valence-corrected chi connectivity index (χ2v) is 5.60. The van der Waals surface area contributed by atoms with Gasteiger partial charge >= 0.3 is 5.97 Å². The van der Waals surface area contributed by atoms with Crippen LogP contribution in [0.15, 0.2) is 18.2 Å². The van der Waals surface area contributed by atoms with Gasteiger partial charge in [-0.2, -0.15) is 0 Å². The standard InChI is InChI=1S/C15H20N2O4/c1-3-15(14(18)19)7-9-16(10-8-15)12-5-4-6-13(11(12)2)17(20)21/h4-6H,3,7-10H2,1-2H3,(H,18,19). The van der Waals surface area contributed by atoms with E-state index in [1.165, 1.54) is 6.07 Å². The first-order chi connectivity index (χ1) is 9.91. The minimum Gasteiger partial charge on any atom is -0.481 e. The molecule has 0 bridgehead atoms. The maximum atomic E-state index is 11.5. The van der Waals surface area contributed by atoms with E-state index in [1.807, 2.05) is 13.0 Å². The Hall–Kier alpha value is -2.11. The third kappa shape index (κ3) is 2.70. The normalized spacial score (nSPS) is 17.5. The first-order valence-corrected chi connectivity index (χ1v) is 7.13. The number of hydrogen-bond donors (Lipinski definition) is 1. The van der Waals surface area contributed by atoms with Crippen molar-refractivity contribution in [1.82, 2.24) is 0 Å². The fraction of sp³-hybridized carbons (Fsp3) is 0.533. The number of nitro groups is 1. The van der Waals surface area contributed by atoms with Crippen molar-refractivity contribution >= 4 is 17.3 Å². The Morgan fingerprint density at radius 1 is 1.43 bits per heavy atom. The molecule has 0 spiro atoms. The van der Waals surface area contributed by atoms with Crippen LogP contribution in [0, 0.1) is 22.5 Å².